The van der Waals surface area contributed by atoms with E-state index in [1.54, 1.807) is 17.0 Å². The van der Waals surface area contributed by atoms with Crippen LogP contribution in [0.3, 0.4) is 0 Å². The van der Waals surface area contributed by atoms with E-state index in [9.17, 15) is 18.0 Å². The predicted octanol–water partition coefficient (Wildman–Crippen LogP) is 2.56. The lowest BCUT2D eigenvalue weighted by Gasteiger charge is -2.34. The number of piperazine rings is 1. The Labute approximate surface area is 188 Å². The molecule has 32 heavy (non-hydrogen) atoms. The van der Waals surface area contributed by atoms with Crippen molar-refractivity contribution < 1.29 is 22.7 Å². The molecule has 2 aromatic rings. The number of fused-ring (bicyclic) bond motifs is 1. The number of aryl methyl sites for hydroxylation is 2. The predicted molar refractivity (Wildman–Crippen MR) is 120 cm³/mol. The van der Waals surface area contributed by atoms with Gasteiger partial charge >= 0.3 is 0 Å². The van der Waals surface area contributed by atoms with E-state index in [1.807, 2.05) is 32.9 Å². The Morgan fingerprint density at radius 1 is 1.06 bits per heavy atom. The van der Waals surface area contributed by atoms with Crippen LogP contribution in [0.4, 0.5) is 5.69 Å². The van der Waals surface area contributed by atoms with E-state index in [0.717, 1.165) is 11.1 Å². The summed E-state index contributed by atoms with van der Waals surface area (Å²) in [6.45, 7) is 6.84. The Hall–Kier alpha value is -2.91. The first kappa shape index (κ1) is 22.3. The maximum Gasteiger partial charge on any atom is 0.265 e. The van der Waals surface area contributed by atoms with E-state index >= 15 is 0 Å². The summed E-state index contributed by atoms with van der Waals surface area (Å²) in [6.07, 6.45) is -0.0517. The minimum absolute atomic E-state index is 0.0871. The van der Waals surface area contributed by atoms with Gasteiger partial charge in [-0.25, -0.2) is 8.42 Å². The number of carbonyl (C=O) groups excluding carboxylic acids is 2. The minimum atomic E-state index is -3.77. The van der Waals surface area contributed by atoms with Gasteiger partial charge in [-0.05, 0) is 61.7 Å². The van der Waals surface area contributed by atoms with Crippen LogP contribution in [0.2, 0.25) is 0 Å². The highest BCUT2D eigenvalue weighted by Crippen LogP contribution is 2.33. The van der Waals surface area contributed by atoms with Crippen LogP contribution in [0.5, 0.6) is 5.75 Å². The molecule has 0 radical (unpaired) electrons. The van der Waals surface area contributed by atoms with Gasteiger partial charge < -0.3 is 15.0 Å². The molecule has 170 valence electrons. The minimum Gasteiger partial charge on any atom is -0.478 e. The summed E-state index contributed by atoms with van der Waals surface area (Å²) in [5.41, 5.74) is 3.13. The van der Waals surface area contributed by atoms with Gasteiger partial charge in [0, 0.05) is 31.7 Å². The van der Waals surface area contributed by atoms with Gasteiger partial charge in [0.1, 0.15) is 5.75 Å². The lowest BCUT2D eigenvalue weighted by atomic mass is 10.1. The van der Waals surface area contributed by atoms with Crippen molar-refractivity contribution in [2.24, 2.45) is 0 Å². The highest BCUT2D eigenvalue weighted by molar-refractivity contribution is 7.89. The number of amides is 2. The van der Waals surface area contributed by atoms with Crippen molar-refractivity contribution in [1.29, 1.82) is 0 Å². The molecule has 2 aliphatic rings. The molecule has 1 saturated heterocycles. The summed E-state index contributed by atoms with van der Waals surface area (Å²) in [7, 11) is -3.77. The summed E-state index contributed by atoms with van der Waals surface area (Å²) in [6, 6.07) is 10.1. The highest BCUT2D eigenvalue weighted by atomic mass is 32.2. The van der Waals surface area contributed by atoms with Gasteiger partial charge in [-0.3, -0.25) is 9.59 Å². The molecular weight excluding hydrogens is 430 g/mol. The Bertz CT molecular complexity index is 1170. The molecule has 8 nitrogen and oxygen atoms in total. The second-order valence-corrected chi connectivity index (χ2v) is 10.1. The van der Waals surface area contributed by atoms with E-state index in [0.29, 0.717) is 36.5 Å². The van der Waals surface area contributed by atoms with Crippen molar-refractivity contribution in [3.05, 3.63) is 53.1 Å². The smallest absolute Gasteiger partial charge is 0.265 e. The van der Waals surface area contributed by atoms with Crippen molar-refractivity contribution in [2.45, 2.75) is 38.2 Å². The van der Waals surface area contributed by atoms with Gasteiger partial charge in [-0.1, -0.05) is 13.0 Å². The van der Waals surface area contributed by atoms with E-state index in [-0.39, 0.29) is 29.8 Å². The largest absolute Gasteiger partial charge is 0.478 e. The molecule has 1 atom stereocenters. The lowest BCUT2D eigenvalue weighted by molar-refractivity contribution is -0.123. The van der Waals surface area contributed by atoms with Crippen molar-refractivity contribution in [1.82, 2.24) is 9.21 Å². The van der Waals surface area contributed by atoms with Crippen LogP contribution in [-0.4, -0.2) is 61.7 Å². The molecule has 1 N–H and O–H groups in total. The number of sulfonamides is 1. The number of nitrogens with one attached hydrogen (secondary N) is 1. The van der Waals surface area contributed by atoms with Crippen molar-refractivity contribution >= 4 is 27.5 Å². The standard InChI is InChI=1S/C23H27N3O5S/c1-4-20-22(27)24-19-14-18(7-8-21(19)31-20)32(29,30)26-11-9-25(10-12-26)23(28)17-6-5-15(2)16(3)13-17/h5-8,13-14,20H,4,9-12H2,1-3H3,(H,24,27)/t20-/m0/s1. The van der Waals surface area contributed by atoms with E-state index in [2.05, 4.69) is 5.32 Å². The van der Waals surface area contributed by atoms with Crippen molar-refractivity contribution in [2.75, 3.05) is 31.5 Å². The molecule has 9 heteroatoms. The van der Waals surface area contributed by atoms with Crippen LogP contribution in [0.15, 0.2) is 41.3 Å². The fraction of sp³-hybridized carbons (Fsp3) is 0.391. The average molecular weight is 458 g/mol. The van der Waals surface area contributed by atoms with Gasteiger partial charge in [-0.2, -0.15) is 4.31 Å². The third-order valence-electron chi connectivity index (χ3n) is 6.06. The number of hydrogen-bond acceptors (Lipinski definition) is 5. The Balaban J connectivity index is 1.46. The van der Waals surface area contributed by atoms with Crippen LogP contribution >= 0.6 is 0 Å². The third-order valence-corrected chi connectivity index (χ3v) is 7.95. The molecule has 1 fully saturated rings. The number of rotatable bonds is 4. The van der Waals surface area contributed by atoms with Crippen molar-refractivity contribution in [3.63, 3.8) is 0 Å². The van der Waals surface area contributed by atoms with E-state index < -0.39 is 16.1 Å². The zero-order valence-corrected chi connectivity index (χ0v) is 19.2. The topological polar surface area (TPSA) is 96.0 Å². The first-order chi connectivity index (χ1) is 15.2. The molecule has 0 spiro atoms. The summed E-state index contributed by atoms with van der Waals surface area (Å²) in [5, 5.41) is 2.73. The number of carbonyl (C=O) groups is 2. The molecule has 0 bridgehead atoms. The first-order valence-corrected chi connectivity index (χ1v) is 12.1. The zero-order chi connectivity index (χ0) is 23.0. The SMILES string of the molecule is CC[C@@H]1Oc2ccc(S(=O)(=O)N3CCN(C(=O)c4ccc(C)c(C)c4)CC3)cc2NC1=O. The van der Waals surface area contributed by atoms with Gasteiger partial charge in [0.2, 0.25) is 10.0 Å². The highest BCUT2D eigenvalue weighted by Gasteiger charge is 2.32. The molecule has 2 amide bonds. The summed E-state index contributed by atoms with van der Waals surface area (Å²) >= 11 is 0. The maximum absolute atomic E-state index is 13.2. The summed E-state index contributed by atoms with van der Waals surface area (Å²) < 4.78 is 33.4. The van der Waals surface area contributed by atoms with Crippen LogP contribution in [-0.2, 0) is 14.8 Å². The summed E-state index contributed by atoms with van der Waals surface area (Å²) in [4.78, 5) is 26.7. The van der Waals surface area contributed by atoms with E-state index in [4.69, 9.17) is 4.74 Å². The van der Waals surface area contributed by atoms with E-state index in [1.165, 1.54) is 16.4 Å². The normalized spacial score (nSPS) is 19.2. The molecule has 0 aliphatic carbocycles. The van der Waals surface area contributed by atoms with Gasteiger partial charge in [0.25, 0.3) is 11.8 Å². The molecule has 0 unspecified atom stereocenters. The number of hydrogen-bond donors (Lipinski definition) is 1. The summed E-state index contributed by atoms with van der Waals surface area (Å²) in [5.74, 6) is 0.0801. The lowest BCUT2D eigenvalue weighted by Crippen LogP contribution is -2.50. The fourth-order valence-electron chi connectivity index (χ4n) is 3.90. The van der Waals surface area contributed by atoms with Crippen LogP contribution in [0, 0.1) is 13.8 Å². The molecule has 0 aromatic heterocycles. The van der Waals surface area contributed by atoms with Crippen molar-refractivity contribution in [3.8, 4) is 5.75 Å². The number of benzene rings is 2. The molecule has 2 heterocycles. The molecule has 0 saturated carbocycles. The first-order valence-electron chi connectivity index (χ1n) is 10.7. The molecular formula is C23H27N3O5S. The fourth-order valence-corrected chi connectivity index (χ4v) is 5.35. The third kappa shape index (κ3) is 4.10. The zero-order valence-electron chi connectivity index (χ0n) is 18.4. The van der Waals surface area contributed by atoms with Crippen LogP contribution in [0.1, 0.15) is 34.8 Å². The molecule has 4 rings (SSSR count). The second-order valence-electron chi connectivity index (χ2n) is 8.16. The Morgan fingerprint density at radius 2 is 1.78 bits per heavy atom. The number of anilines is 1. The van der Waals surface area contributed by atoms with Gasteiger partial charge in [0.15, 0.2) is 6.10 Å². The quantitative estimate of drug-likeness (QED) is 0.761. The molecule has 2 aliphatic heterocycles. The second kappa shape index (κ2) is 8.55. The monoisotopic (exact) mass is 457 g/mol. The number of ether oxygens (including phenoxy) is 1. The average Bonchev–Trinajstić information content (AvgIpc) is 2.79. The maximum atomic E-state index is 13.2. The van der Waals surface area contributed by atoms with Gasteiger partial charge in [0.05, 0.1) is 10.6 Å². The van der Waals surface area contributed by atoms with Crippen LogP contribution < -0.4 is 10.1 Å². The Morgan fingerprint density at radius 3 is 2.44 bits per heavy atom. The number of nitrogens with zero attached hydrogens (tertiary/aromatic N) is 2. The molecule has 2 aromatic carbocycles. The Kier molecular flexibility index (Phi) is 5.96. The van der Waals surface area contributed by atoms with Crippen LogP contribution in [0.25, 0.3) is 0 Å². The van der Waals surface area contributed by atoms with Gasteiger partial charge in [-0.15, -0.1) is 0 Å².